The first kappa shape index (κ1) is 18.9. The van der Waals surface area contributed by atoms with E-state index in [4.69, 9.17) is 4.74 Å². The predicted octanol–water partition coefficient (Wildman–Crippen LogP) is 0.991. The molecule has 7 heteroatoms. The lowest BCUT2D eigenvalue weighted by atomic mass is 10.1. The summed E-state index contributed by atoms with van der Waals surface area (Å²) in [5, 5.41) is 5.43. The fourth-order valence-electron chi connectivity index (χ4n) is 1.30. The Kier molecular flexibility index (Phi) is 8.84. The van der Waals surface area contributed by atoms with Gasteiger partial charge in [0.15, 0.2) is 0 Å². The van der Waals surface area contributed by atoms with Gasteiger partial charge in [0.2, 0.25) is 0 Å². The molecule has 0 saturated carbocycles. The molecule has 2 amide bonds. The fourth-order valence-corrected chi connectivity index (χ4v) is 1.30. The first-order chi connectivity index (χ1) is 9.76. The maximum Gasteiger partial charge on any atom is 0.331 e. The molecule has 0 heterocycles. The summed E-state index contributed by atoms with van der Waals surface area (Å²) < 4.78 is 9.35. The molecule has 0 unspecified atom stereocenters. The molecule has 0 aromatic heterocycles. The normalized spacial score (nSPS) is 12.3. The van der Waals surface area contributed by atoms with Crippen molar-refractivity contribution in [2.75, 3.05) is 13.7 Å². The van der Waals surface area contributed by atoms with Crippen LogP contribution in [0.5, 0.6) is 0 Å². The lowest BCUT2D eigenvalue weighted by Gasteiger charge is -2.22. The highest BCUT2D eigenvalue weighted by Gasteiger charge is 2.18. The summed E-state index contributed by atoms with van der Waals surface area (Å²) in [6.07, 6.45) is 1.96. The van der Waals surface area contributed by atoms with Crippen molar-refractivity contribution in [2.24, 2.45) is 5.92 Å². The van der Waals surface area contributed by atoms with Gasteiger partial charge in [0.25, 0.3) is 0 Å². The van der Waals surface area contributed by atoms with E-state index in [1.807, 2.05) is 27.7 Å². The highest BCUT2D eigenvalue weighted by Crippen LogP contribution is 2.03. The van der Waals surface area contributed by atoms with Crippen LogP contribution in [0, 0.1) is 5.92 Å². The van der Waals surface area contributed by atoms with E-state index in [-0.39, 0.29) is 30.6 Å². The quantitative estimate of drug-likeness (QED) is 0.540. The Bertz CT molecular complexity index is 391. The summed E-state index contributed by atoms with van der Waals surface area (Å²) in [6.45, 7) is 7.52. The van der Waals surface area contributed by atoms with Gasteiger partial charge in [-0.1, -0.05) is 13.8 Å². The Hall–Kier alpha value is -2.05. The van der Waals surface area contributed by atoms with Crippen LogP contribution in [0.25, 0.3) is 0 Å². The molecule has 0 spiro atoms. The smallest absolute Gasteiger partial charge is 0.331 e. The molecule has 2 N–H and O–H groups in total. The minimum atomic E-state index is -0.669. The van der Waals surface area contributed by atoms with Crippen LogP contribution in [-0.2, 0) is 19.1 Å². The average Bonchev–Trinajstić information content (AvgIpc) is 2.39. The second-order valence-corrected chi connectivity index (χ2v) is 5.11. The largest absolute Gasteiger partial charge is 0.466 e. The summed E-state index contributed by atoms with van der Waals surface area (Å²) in [7, 11) is 1.21. The van der Waals surface area contributed by atoms with Gasteiger partial charge in [0, 0.05) is 18.2 Å². The summed E-state index contributed by atoms with van der Waals surface area (Å²) in [5.74, 6) is -1.22. The SMILES string of the molecule is COC(=O)/C=C/C(=O)OC[C@@H](NC(=O)NC(C)C)C(C)C. The molecule has 7 nitrogen and oxygen atoms in total. The van der Waals surface area contributed by atoms with Crippen molar-refractivity contribution in [3.05, 3.63) is 12.2 Å². The summed E-state index contributed by atoms with van der Waals surface area (Å²) in [5.41, 5.74) is 0. The molecule has 1 atom stereocenters. The van der Waals surface area contributed by atoms with Gasteiger partial charge in [-0.3, -0.25) is 0 Å². The van der Waals surface area contributed by atoms with E-state index in [0.717, 1.165) is 12.2 Å². The number of amides is 2. The van der Waals surface area contributed by atoms with Gasteiger partial charge < -0.3 is 20.1 Å². The summed E-state index contributed by atoms with van der Waals surface area (Å²) in [4.78, 5) is 33.9. The zero-order chi connectivity index (χ0) is 16.4. The van der Waals surface area contributed by atoms with Crippen molar-refractivity contribution in [1.82, 2.24) is 10.6 Å². The Morgan fingerprint density at radius 1 is 1.00 bits per heavy atom. The summed E-state index contributed by atoms with van der Waals surface area (Å²) >= 11 is 0. The standard InChI is InChI=1S/C14H24N2O5/c1-9(2)11(16-14(19)15-10(3)4)8-21-13(18)7-6-12(17)20-5/h6-7,9-11H,8H2,1-5H3,(H2,15,16,19)/b7-6+/t11-/m1/s1. The number of ether oxygens (including phenoxy) is 2. The van der Waals surface area contributed by atoms with E-state index in [1.54, 1.807) is 0 Å². The molecule has 0 radical (unpaired) electrons. The Morgan fingerprint density at radius 2 is 1.57 bits per heavy atom. The van der Waals surface area contributed by atoms with Gasteiger partial charge in [-0.15, -0.1) is 0 Å². The average molecular weight is 300 g/mol. The third-order valence-corrected chi connectivity index (χ3v) is 2.50. The molecule has 0 aliphatic carbocycles. The van der Waals surface area contributed by atoms with Gasteiger partial charge in [-0.2, -0.15) is 0 Å². The number of nitrogens with one attached hydrogen (secondary N) is 2. The van der Waals surface area contributed by atoms with E-state index in [1.165, 1.54) is 7.11 Å². The Balaban J connectivity index is 4.33. The number of urea groups is 1. The lowest BCUT2D eigenvalue weighted by Crippen LogP contribution is -2.48. The van der Waals surface area contributed by atoms with Crippen molar-refractivity contribution >= 4 is 18.0 Å². The molecular weight excluding hydrogens is 276 g/mol. The van der Waals surface area contributed by atoms with Gasteiger partial charge in [0.1, 0.15) is 6.61 Å². The highest BCUT2D eigenvalue weighted by molar-refractivity contribution is 5.91. The van der Waals surface area contributed by atoms with Crippen LogP contribution >= 0.6 is 0 Å². The lowest BCUT2D eigenvalue weighted by molar-refractivity contribution is -0.140. The molecule has 0 saturated heterocycles. The van der Waals surface area contributed by atoms with Gasteiger partial charge in [-0.05, 0) is 19.8 Å². The molecule has 21 heavy (non-hydrogen) atoms. The molecule has 0 rings (SSSR count). The monoisotopic (exact) mass is 300 g/mol. The fraction of sp³-hybridized carbons (Fsp3) is 0.643. The van der Waals surface area contributed by atoms with Crippen molar-refractivity contribution in [3.8, 4) is 0 Å². The minimum Gasteiger partial charge on any atom is -0.466 e. The van der Waals surface area contributed by atoms with Crippen LogP contribution in [0.15, 0.2) is 12.2 Å². The van der Waals surface area contributed by atoms with E-state index in [2.05, 4.69) is 15.4 Å². The molecule has 120 valence electrons. The summed E-state index contributed by atoms with van der Waals surface area (Å²) in [6, 6.07) is -0.618. The van der Waals surface area contributed by atoms with Gasteiger partial charge >= 0.3 is 18.0 Å². The van der Waals surface area contributed by atoms with Crippen molar-refractivity contribution in [3.63, 3.8) is 0 Å². The maximum absolute atomic E-state index is 11.6. The maximum atomic E-state index is 11.6. The molecule has 0 fully saturated rings. The number of carbonyl (C=O) groups excluding carboxylic acids is 3. The molecular formula is C14H24N2O5. The number of hydrogen-bond donors (Lipinski definition) is 2. The van der Waals surface area contributed by atoms with Crippen molar-refractivity contribution < 1.29 is 23.9 Å². The van der Waals surface area contributed by atoms with Crippen LogP contribution in [0.4, 0.5) is 4.79 Å². The predicted molar refractivity (Wildman–Crippen MR) is 77.5 cm³/mol. The first-order valence-corrected chi connectivity index (χ1v) is 6.76. The third kappa shape index (κ3) is 9.48. The van der Waals surface area contributed by atoms with Crippen molar-refractivity contribution in [2.45, 2.75) is 39.8 Å². The van der Waals surface area contributed by atoms with Crippen LogP contribution < -0.4 is 10.6 Å². The van der Waals surface area contributed by atoms with E-state index in [0.29, 0.717) is 0 Å². The first-order valence-electron chi connectivity index (χ1n) is 6.76. The van der Waals surface area contributed by atoms with Crippen LogP contribution in [0.3, 0.4) is 0 Å². The molecule has 0 aromatic carbocycles. The number of esters is 2. The van der Waals surface area contributed by atoms with Crippen LogP contribution in [0.2, 0.25) is 0 Å². The second kappa shape index (κ2) is 9.79. The van der Waals surface area contributed by atoms with Crippen LogP contribution in [-0.4, -0.2) is 43.8 Å². The second-order valence-electron chi connectivity index (χ2n) is 5.11. The number of rotatable bonds is 7. The molecule has 0 aromatic rings. The number of methoxy groups -OCH3 is 1. The zero-order valence-corrected chi connectivity index (χ0v) is 13.1. The molecule has 0 aliphatic heterocycles. The van der Waals surface area contributed by atoms with E-state index in [9.17, 15) is 14.4 Å². The van der Waals surface area contributed by atoms with Gasteiger partial charge in [-0.25, -0.2) is 14.4 Å². The van der Waals surface area contributed by atoms with Gasteiger partial charge in [0.05, 0.1) is 13.2 Å². The topological polar surface area (TPSA) is 93.7 Å². The molecule has 0 aliphatic rings. The van der Waals surface area contributed by atoms with Crippen LogP contribution in [0.1, 0.15) is 27.7 Å². The minimum absolute atomic E-state index is 0.0170. The Labute approximate surface area is 125 Å². The van der Waals surface area contributed by atoms with E-state index >= 15 is 0 Å². The van der Waals surface area contributed by atoms with E-state index < -0.39 is 11.9 Å². The van der Waals surface area contributed by atoms with Crippen molar-refractivity contribution in [1.29, 1.82) is 0 Å². The highest BCUT2D eigenvalue weighted by atomic mass is 16.5. The Morgan fingerprint density at radius 3 is 2.05 bits per heavy atom. The zero-order valence-electron chi connectivity index (χ0n) is 13.1. The molecule has 0 bridgehead atoms. The number of carbonyl (C=O) groups is 3. The number of hydrogen-bond acceptors (Lipinski definition) is 5. The third-order valence-electron chi connectivity index (χ3n) is 2.50.